The second-order valence-electron chi connectivity index (χ2n) is 6.38. The van der Waals surface area contributed by atoms with Crippen LogP contribution in [-0.2, 0) is 11.2 Å². The topological polar surface area (TPSA) is 104 Å². The summed E-state index contributed by atoms with van der Waals surface area (Å²) in [5.74, 6) is 0.403. The first-order valence-electron chi connectivity index (χ1n) is 8.25. The van der Waals surface area contributed by atoms with Crippen molar-refractivity contribution in [1.82, 2.24) is 25.5 Å². The van der Waals surface area contributed by atoms with E-state index in [4.69, 9.17) is 0 Å². The SMILES string of the molecule is CC(=O)NC(Cc1ccccc1)c1nc2c(C(C)C)[nH]nc2c(=O)[nH]1. The lowest BCUT2D eigenvalue weighted by atomic mass is 10.0. The third kappa shape index (κ3) is 3.60. The van der Waals surface area contributed by atoms with Gasteiger partial charge in [-0.2, -0.15) is 5.10 Å². The van der Waals surface area contributed by atoms with Crippen LogP contribution in [0.5, 0.6) is 0 Å². The first-order chi connectivity index (χ1) is 12.0. The summed E-state index contributed by atoms with van der Waals surface area (Å²) >= 11 is 0. The highest BCUT2D eigenvalue weighted by molar-refractivity contribution is 5.76. The highest BCUT2D eigenvalue weighted by Gasteiger charge is 2.20. The first-order valence-corrected chi connectivity index (χ1v) is 8.25. The molecule has 1 atom stereocenters. The van der Waals surface area contributed by atoms with Gasteiger partial charge in [-0.3, -0.25) is 14.7 Å². The minimum atomic E-state index is -0.424. The smallest absolute Gasteiger partial charge is 0.279 e. The predicted octanol–water partition coefficient (Wildman–Crippen LogP) is 2.19. The third-order valence-electron chi connectivity index (χ3n) is 4.02. The molecule has 1 aromatic carbocycles. The van der Waals surface area contributed by atoms with E-state index in [2.05, 4.69) is 25.5 Å². The van der Waals surface area contributed by atoms with E-state index >= 15 is 0 Å². The number of fused-ring (bicyclic) bond motifs is 1. The fourth-order valence-corrected chi connectivity index (χ4v) is 2.82. The molecule has 2 heterocycles. The first kappa shape index (κ1) is 16.9. The van der Waals surface area contributed by atoms with E-state index < -0.39 is 6.04 Å². The molecule has 3 N–H and O–H groups in total. The normalized spacial score (nSPS) is 12.5. The van der Waals surface area contributed by atoms with Crippen LogP contribution in [0.2, 0.25) is 0 Å². The van der Waals surface area contributed by atoms with Crippen LogP contribution < -0.4 is 10.9 Å². The lowest BCUT2D eigenvalue weighted by Gasteiger charge is -2.17. The number of nitrogens with one attached hydrogen (secondary N) is 3. The van der Waals surface area contributed by atoms with Crippen molar-refractivity contribution in [2.75, 3.05) is 0 Å². The summed E-state index contributed by atoms with van der Waals surface area (Å²) in [6.45, 7) is 5.46. The number of carbonyl (C=O) groups is 1. The minimum Gasteiger partial charge on any atom is -0.346 e. The molecular weight excluding hydrogens is 318 g/mol. The van der Waals surface area contributed by atoms with Gasteiger partial charge in [0.25, 0.3) is 5.56 Å². The summed E-state index contributed by atoms with van der Waals surface area (Å²) in [6, 6.07) is 9.33. The van der Waals surface area contributed by atoms with Crippen molar-refractivity contribution in [2.24, 2.45) is 0 Å². The van der Waals surface area contributed by atoms with Crippen molar-refractivity contribution in [3.8, 4) is 0 Å². The van der Waals surface area contributed by atoms with E-state index in [1.54, 1.807) is 0 Å². The van der Waals surface area contributed by atoms with E-state index in [0.717, 1.165) is 11.3 Å². The molecule has 0 aliphatic heterocycles. The maximum Gasteiger partial charge on any atom is 0.279 e. The molecule has 0 aliphatic carbocycles. The lowest BCUT2D eigenvalue weighted by Crippen LogP contribution is -2.30. The number of H-pyrrole nitrogens is 2. The number of amides is 1. The molecule has 3 aromatic rings. The van der Waals surface area contributed by atoms with Gasteiger partial charge in [0.05, 0.1) is 11.7 Å². The van der Waals surface area contributed by atoms with E-state index in [9.17, 15) is 9.59 Å². The van der Waals surface area contributed by atoms with Crippen LogP contribution in [-0.4, -0.2) is 26.1 Å². The third-order valence-corrected chi connectivity index (χ3v) is 4.02. The summed E-state index contributed by atoms with van der Waals surface area (Å²) < 4.78 is 0. The maximum absolute atomic E-state index is 12.4. The summed E-state index contributed by atoms with van der Waals surface area (Å²) in [7, 11) is 0. The Bertz CT molecular complexity index is 943. The van der Waals surface area contributed by atoms with Gasteiger partial charge in [0.1, 0.15) is 11.3 Å². The Morgan fingerprint density at radius 1 is 1.20 bits per heavy atom. The largest absolute Gasteiger partial charge is 0.346 e. The Morgan fingerprint density at radius 3 is 2.56 bits per heavy atom. The Labute approximate surface area is 144 Å². The molecule has 1 amide bonds. The van der Waals surface area contributed by atoms with Crippen molar-refractivity contribution in [3.63, 3.8) is 0 Å². The van der Waals surface area contributed by atoms with Crippen LogP contribution in [0.4, 0.5) is 0 Å². The van der Waals surface area contributed by atoms with Crippen LogP contribution in [0, 0.1) is 0 Å². The second-order valence-corrected chi connectivity index (χ2v) is 6.38. The standard InChI is InChI=1S/C18H21N5O2/c1-10(2)14-15-16(23-22-14)18(25)21-17(20-15)13(19-11(3)24)9-12-7-5-4-6-8-12/h4-8,10,13H,9H2,1-3H3,(H,19,24)(H,22,23)(H,20,21,25). The average molecular weight is 339 g/mol. The molecular formula is C18H21N5O2. The highest BCUT2D eigenvalue weighted by Crippen LogP contribution is 2.21. The molecule has 0 fully saturated rings. The number of hydrogen-bond donors (Lipinski definition) is 3. The zero-order chi connectivity index (χ0) is 18.0. The molecule has 130 valence electrons. The lowest BCUT2D eigenvalue weighted by molar-refractivity contribution is -0.119. The van der Waals surface area contributed by atoms with E-state index in [1.165, 1.54) is 6.92 Å². The molecule has 0 radical (unpaired) electrons. The van der Waals surface area contributed by atoms with Crippen molar-refractivity contribution in [1.29, 1.82) is 0 Å². The van der Waals surface area contributed by atoms with Crippen LogP contribution in [0.1, 0.15) is 49.8 Å². The Hall–Kier alpha value is -2.96. The Balaban J connectivity index is 2.07. The van der Waals surface area contributed by atoms with Crippen LogP contribution >= 0.6 is 0 Å². The zero-order valence-corrected chi connectivity index (χ0v) is 14.5. The van der Waals surface area contributed by atoms with E-state index in [1.807, 2.05) is 44.2 Å². The zero-order valence-electron chi connectivity index (χ0n) is 14.5. The van der Waals surface area contributed by atoms with Crippen LogP contribution in [0.3, 0.4) is 0 Å². The molecule has 0 bridgehead atoms. The highest BCUT2D eigenvalue weighted by atomic mass is 16.1. The quantitative estimate of drug-likeness (QED) is 0.663. The van der Waals surface area contributed by atoms with Gasteiger partial charge in [-0.25, -0.2) is 4.98 Å². The Kier molecular flexibility index (Phi) is 4.65. The van der Waals surface area contributed by atoms with Gasteiger partial charge >= 0.3 is 0 Å². The molecule has 0 saturated heterocycles. The summed E-state index contributed by atoms with van der Waals surface area (Å²) in [6.07, 6.45) is 0.531. The maximum atomic E-state index is 12.4. The van der Waals surface area contributed by atoms with Crippen molar-refractivity contribution in [2.45, 2.75) is 39.2 Å². The molecule has 25 heavy (non-hydrogen) atoms. The van der Waals surface area contributed by atoms with Crippen molar-refractivity contribution < 1.29 is 4.79 Å². The van der Waals surface area contributed by atoms with Gasteiger partial charge < -0.3 is 10.3 Å². The number of nitrogens with zero attached hydrogens (tertiary/aromatic N) is 2. The van der Waals surface area contributed by atoms with Gasteiger partial charge in [-0.15, -0.1) is 0 Å². The Morgan fingerprint density at radius 2 is 1.92 bits per heavy atom. The summed E-state index contributed by atoms with van der Waals surface area (Å²) in [5.41, 5.74) is 2.38. The number of aromatic amines is 2. The number of carbonyl (C=O) groups excluding carboxylic acids is 1. The molecule has 7 heteroatoms. The molecule has 0 aliphatic rings. The fraction of sp³-hybridized carbons (Fsp3) is 0.333. The van der Waals surface area contributed by atoms with E-state index in [-0.39, 0.29) is 22.9 Å². The van der Waals surface area contributed by atoms with Crippen molar-refractivity contribution in [3.05, 3.63) is 57.8 Å². The summed E-state index contributed by atoms with van der Waals surface area (Å²) in [5, 5.41) is 9.83. The van der Waals surface area contributed by atoms with Crippen molar-refractivity contribution >= 4 is 16.9 Å². The van der Waals surface area contributed by atoms with E-state index in [0.29, 0.717) is 17.8 Å². The average Bonchev–Trinajstić information content (AvgIpc) is 2.99. The van der Waals surface area contributed by atoms with Crippen LogP contribution in [0.15, 0.2) is 35.1 Å². The minimum absolute atomic E-state index is 0.153. The molecule has 0 spiro atoms. The predicted molar refractivity (Wildman–Crippen MR) is 95.3 cm³/mol. The second kappa shape index (κ2) is 6.88. The number of rotatable bonds is 5. The molecule has 7 nitrogen and oxygen atoms in total. The monoisotopic (exact) mass is 339 g/mol. The van der Waals surface area contributed by atoms with Gasteiger partial charge in [-0.05, 0) is 17.9 Å². The van der Waals surface area contributed by atoms with Gasteiger partial charge in [-0.1, -0.05) is 44.2 Å². The molecule has 2 aromatic heterocycles. The van der Waals surface area contributed by atoms with Gasteiger partial charge in [0.2, 0.25) is 5.91 Å². The molecule has 1 unspecified atom stereocenters. The molecule has 0 saturated carbocycles. The summed E-state index contributed by atoms with van der Waals surface area (Å²) in [4.78, 5) is 31.4. The number of hydrogen-bond acceptors (Lipinski definition) is 4. The molecule has 3 rings (SSSR count). The van der Waals surface area contributed by atoms with Gasteiger partial charge in [0.15, 0.2) is 5.52 Å². The number of benzene rings is 1. The fourth-order valence-electron chi connectivity index (χ4n) is 2.82. The van der Waals surface area contributed by atoms with Crippen LogP contribution in [0.25, 0.3) is 11.0 Å². The number of aromatic nitrogens is 4. The van der Waals surface area contributed by atoms with Gasteiger partial charge in [0, 0.05) is 6.92 Å².